The summed E-state index contributed by atoms with van der Waals surface area (Å²) in [5.41, 5.74) is 20.7. The van der Waals surface area contributed by atoms with E-state index in [-0.39, 0.29) is 5.41 Å². The van der Waals surface area contributed by atoms with E-state index in [4.69, 9.17) is 0 Å². The Morgan fingerprint density at radius 1 is 0.271 bits per heavy atom. The van der Waals surface area contributed by atoms with Crippen molar-refractivity contribution in [3.63, 3.8) is 0 Å². The smallest absolute Gasteiger partial charge is 0.0719 e. The summed E-state index contributed by atoms with van der Waals surface area (Å²) in [4.78, 5) is 2.44. The van der Waals surface area contributed by atoms with Gasteiger partial charge in [0.1, 0.15) is 0 Å². The maximum absolute atomic E-state index is 2.45. The van der Waals surface area contributed by atoms with Crippen LogP contribution < -0.4 is 4.90 Å². The lowest BCUT2D eigenvalue weighted by molar-refractivity contribution is 0.563. The van der Waals surface area contributed by atoms with Crippen molar-refractivity contribution in [1.29, 1.82) is 0 Å². The van der Waals surface area contributed by atoms with Crippen molar-refractivity contribution in [1.82, 2.24) is 0 Å². The molecule has 0 saturated carbocycles. The molecule has 0 atom stereocenters. The summed E-state index contributed by atoms with van der Waals surface area (Å²) < 4.78 is 0. The Morgan fingerprint density at radius 2 is 0.678 bits per heavy atom. The molecule has 11 rings (SSSR count). The monoisotopic (exact) mass is 753 g/mol. The molecule has 1 heteroatoms. The highest BCUT2D eigenvalue weighted by atomic mass is 15.1. The van der Waals surface area contributed by atoms with Crippen molar-refractivity contribution < 1.29 is 0 Å². The molecule has 0 aromatic heterocycles. The Kier molecular flexibility index (Phi) is 8.13. The van der Waals surface area contributed by atoms with Gasteiger partial charge in [0, 0.05) is 22.5 Å². The summed E-state index contributed by atoms with van der Waals surface area (Å²) in [6.07, 6.45) is 0. The summed E-state index contributed by atoms with van der Waals surface area (Å²) in [5, 5.41) is 0. The molecule has 0 unspecified atom stereocenters. The van der Waals surface area contributed by atoms with Crippen LogP contribution in [-0.2, 0) is 10.8 Å². The number of nitrogens with zero attached hydrogens (tertiary/aromatic N) is 1. The lowest BCUT2D eigenvalue weighted by Gasteiger charge is -2.46. The van der Waals surface area contributed by atoms with Gasteiger partial charge < -0.3 is 4.90 Å². The molecule has 59 heavy (non-hydrogen) atoms. The van der Waals surface area contributed by atoms with Crippen LogP contribution in [0.1, 0.15) is 47.2 Å². The van der Waals surface area contributed by atoms with Crippen molar-refractivity contribution >= 4 is 17.1 Å². The van der Waals surface area contributed by atoms with Gasteiger partial charge in [0.05, 0.1) is 5.41 Å². The van der Waals surface area contributed by atoms with E-state index in [0.29, 0.717) is 0 Å². The molecule has 9 aromatic rings. The molecule has 0 bridgehead atoms. The Bertz CT molecular complexity index is 2950. The molecule has 0 amide bonds. The number of fused-ring (bicyclic) bond motifs is 9. The number of benzene rings is 9. The highest BCUT2D eigenvalue weighted by molar-refractivity contribution is 5.93. The zero-order valence-electron chi connectivity index (χ0n) is 33.3. The van der Waals surface area contributed by atoms with Gasteiger partial charge in [-0.25, -0.2) is 0 Å². The molecular weight excluding hydrogens is 711 g/mol. The van der Waals surface area contributed by atoms with E-state index >= 15 is 0 Å². The van der Waals surface area contributed by atoms with Crippen LogP contribution in [0.5, 0.6) is 0 Å². The summed E-state index contributed by atoms with van der Waals surface area (Å²) >= 11 is 0. The summed E-state index contributed by atoms with van der Waals surface area (Å²) in [5.74, 6) is 0. The maximum atomic E-state index is 2.45. The first-order valence-electron chi connectivity index (χ1n) is 20.7. The van der Waals surface area contributed by atoms with Crippen molar-refractivity contribution in [3.8, 4) is 44.5 Å². The van der Waals surface area contributed by atoms with Crippen molar-refractivity contribution in [2.75, 3.05) is 4.90 Å². The highest BCUT2D eigenvalue weighted by Gasteiger charge is 2.53. The van der Waals surface area contributed by atoms with Gasteiger partial charge in [-0.2, -0.15) is 0 Å². The Hall–Kier alpha value is -7.22. The number of hydrogen-bond acceptors (Lipinski definition) is 1. The standard InChI is InChI=1S/C58H43N/c1-57(2)53-26-14-16-28-55(53)58(56-29-17-15-27-54(56)57)51-25-13-12-24-48(51)50-39-46(35-37-52(50)58)59(44-32-30-41(31-33-44)40-18-6-3-7-19-40)45-34-36-47(42-20-8-4-9-21-42)49(38-45)43-22-10-5-11-23-43/h3-39H,1-2H3. The Morgan fingerprint density at radius 3 is 1.27 bits per heavy atom. The molecule has 0 aliphatic heterocycles. The maximum Gasteiger partial charge on any atom is 0.0719 e. The first-order valence-corrected chi connectivity index (χ1v) is 20.7. The molecule has 0 fully saturated rings. The average Bonchev–Trinajstić information content (AvgIpc) is 3.60. The molecule has 0 N–H and O–H groups in total. The van der Waals surface area contributed by atoms with Crippen LogP contribution in [0, 0.1) is 0 Å². The predicted molar refractivity (Wildman–Crippen MR) is 247 cm³/mol. The molecular formula is C58H43N. The molecule has 0 saturated heterocycles. The molecule has 0 radical (unpaired) electrons. The van der Waals surface area contributed by atoms with Gasteiger partial charge in [-0.15, -0.1) is 0 Å². The lowest BCUT2D eigenvalue weighted by atomic mass is 9.55. The van der Waals surface area contributed by atoms with Crippen LogP contribution in [0.15, 0.2) is 224 Å². The van der Waals surface area contributed by atoms with Crippen molar-refractivity contribution in [2.45, 2.75) is 24.7 Å². The van der Waals surface area contributed by atoms with Crippen molar-refractivity contribution in [3.05, 3.63) is 258 Å². The Labute approximate surface area is 347 Å². The second-order valence-electron chi connectivity index (χ2n) is 16.5. The summed E-state index contributed by atoms with van der Waals surface area (Å²) in [6, 6.07) is 82.9. The van der Waals surface area contributed by atoms with Gasteiger partial charge in [0.2, 0.25) is 0 Å². The van der Waals surface area contributed by atoms with E-state index in [9.17, 15) is 0 Å². The zero-order chi connectivity index (χ0) is 39.6. The van der Waals surface area contributed by atoms with Crippen LogP contribution in [0.3, 0.4) is 0 Å². The van der Waals surface area contributed by atoms with E-state index in [1.165, 1.54) is 77.9 Å². The molecule has 280 valence electrons. The normalized spacial score (nSPS) is 13.9. The van der Waals surface area contributed by atoms with Gasteiger partial charge >= 0.3 is 0 Å². The van der Waals surface area contributed by atoms with Gasteiger partial charge in [0.15, 0.2) is 0 Å². The third kappa shape index (κ3) is 5.39. The number of hydrogen-bond donors (Lipinski definition) is 0. The first kappa shape index (κ1) is 35.0. The average molecular weight is 754 g/mol. The van der Waals surface area contributed by atoms with E-state index in [0.717, 1.165) is 17.1 Å². The number of anilines is 3. The molecule has 2 aliphatic rings. The molecule has 0 heterocycles. The first-order chi connectivity index (χ1) is 29.0. The molecule has 2 aliphatic carbocycles. The zero-order valence-corrected chi connectivity index (χ0v) is 33.3. The predicted octanol–water partition coefficient (Wildman–Crippen LogP) is 15.2. The van der Waals surface area contributed by atoms with Crippen LogP contribution in [0.2, 0.25) is 0 Å². The fourth-order valence-corrected chi connectivity index (χ4v) is 10.3. The van der Waals surface area contributed by atoms with E-state index < -0.39 is 5.41 Å². The SMILES string of the molecule is CC1(C)c2ccccc2C2(c3ccccc3-c3cc(N(c4ccc(-c5ccccc5)cc4)c4ccc(-c5ccccc5)c(-c5ccccc5)c4)ccc32)c2ccccc21. The topological polar surface area (TPSA) is 3.24 Å². The third-order valence-corrected chi connectivity index (χ3v) is 13.0. The van der Waals surface area contributed by atoms with Gasteiger partial charge in [-0.1, -0.05) is 202 Å². The largest absolute Gasteiger partial charge is 0.310 e. The highest BCUT2D eigenvalue weighted by Crippen LogP contribution is 2.62. The molecule has 9 aromatic carbocycles. The molecule has 1 nitrogen and oxygen atoms in total. The fourth-order valence-electron chi connectivity index (χ4n) is 10.3. The second-order valence-corrected chi connectivity index (χ2v) is 16.5. The summed E-state index contributed by atoms with van der Waals surface area (Å²) in [6.45, 7) is 4.77. The van der Waals surface area contributed by atoms with Crippen LogP contribution >= 0.6 is 0 Å². The van der Waals surface area contributed by atoms with Crippen molar-refractivity contribution in [2.24, 2.45) is 0 Å². The molecule has 1 spiro atoms. The summed E-state index contributed by atoms with van der Waals surface area (Å²) in [7, 11) is 0. The minimum absolute atomic E-state index is 0.138. The minimum Gasteiger partial charge on any atom is -0.310 e. The van der Waals surface area contributed by atoms with Gasteiger partial charge in [0.25, 0.3) is 0 Å². The van der Waals surface area contributed by atoms with Crippen LogP contribution in [-0.4, -0.2) is 0 Å². The van der Waals surface area contributed by atoms with Crippen LogP contribution in [0.25, 0.3) is 44.5 Å². The quantitative estimate of drug-likeness (QED) is 0.163. The Balaban J connectivity index is 1.15. The second kappa shape index (κ2) is 13.7. The third-order valence-electron chi connectivity index (χ3n) is 13.0. The van der Waals surface area contributed by atoms with Gasteiger partial charge in [-0.3, -0.25) is 0 Å². The van der Waals surface area contributed by atoms with E-state index in [2.05, 4.69) is 243 Å². The lowest BCUT2D eigenvalue weighted by Crippen LogP contribution is -2.40. The van der Waals surface area contributed by atoms with Gasteiger partial charge in [-0.05, 0) is 114 Å². The fraction of sp³-hybridized carbons (Fsp3) is 0.0690. The van der Waals surface area contributed by atoms with E-state index in [1.807, 2.05) is 0 Å². The van der Waals surface area contributed by atoms with Crippen LogP contribution in [0.4, 0.5) is 17.1 Å². The number of rotatable bonds is 6. The van der Waals surface area contributed by atoms with E-state index in [1.54, 1.807) is 0 Å². The minimum atomic E-state index is -0.437.